The summed E-state index contributed by atoms with van der Waals surface area (Å²) in [6.07, 6.45) is 0. The Bertz CT molecular complexity index is 760. The quantitative estimate of drug-likeness (QED) is 0.751. The molecule has 0 atom stereocenters. The third-order valence-corrected chi connectivity index (χ3v) is 3.66. The van der Waals surface area contributed by atoms with Gasteiger partial charge in [0.15, 0.2) is 6.61 Å². The first-order valence-electron chi connectivity index (χ1n) is 7.88. The molecule has 0 unspecified atom stereocenters. The number of nitriles is 1. The summed E-state index contributed by atoms with van der Waals surface area (Å²) in [5.74, 6) is 0.553. The number of benzene rings is 2. The second-order valence-corrected chi connectivity index (χ2v) is 5.91. The highest BCUT2D eigenvalue weighted by molar-refractivity contribution is 5.71. The lowest BCUT2D eigenvalue weighted by molar-refractivity contribution is -0.147. The van der Waals surface area contributed by atoms with E-state index in [0.29, 0.717) is 22.8 Å². The lowest BCUT2D eigenvalue weighted by Gasteiger charge is -2.14. The second kappa shape index (κ2) is 8.16. The number of nitrogens with zero attached hydrogens (tertiary/aromatic N) is 1. The molecule has 0 aliphatic rings. The zero-order valence-electron chi connectivity index (χ0n) is 14.2. The maximum atomic E-state index is 11.9. The molecule has 2 aromatic rings. The molecule has 4 heteroatoms. The molecule has 0 radical (unpaired) electrons. The van der Waals surface area contributed by atoms with Gasteiger partial charge in [-0.25, -0.2) is 4.79 Å². The maximum absolute atomic E-state index is 11.9. The summed E-state index contributed by atoms with van der Waals surface area (Å²) in [5, 5.41) is 9.03. The van der Waals surface area contributed by atoms with E-state index in [4.69, 9.17) is 14.7 Å². The largest absolute Gasteiger partial charge is 0.482 e. The Morgan fingerprint density at radius 2 is 1.96 bits per heavy atom. The Morgan fingerprint density at radius 1 is 1.21 bits per heavy atom. The molecule has 0 spiro atoms. The van der Waals surface area contributed by atoms with Crippen molar-refractivity contribution in [3.8, 4) is 11.8 Å². The van der Waals surface area contributed by atoms with Crippen LogP contribution in [0.1, 0.15) is 42.0 Å². The van der Waals surface area contributed by atoms with Crippen LogP contribution in [0.4, 0.5) is 0 Å². The maximum Gasteiger partial charge on any atom is 0.344 e. The Hall–Kier alpha value is -2.80. The van der Waals surface area contributed by atoms with E-state index in [1.807, 2.05) is 31.2 Å². The number of esters is 1. The minimum atomic E-state index is -0.459. The van der Waals surface area contributed by atoms with Gasteiger partial charge in [0, 0.05) is 5.56 Å². The van der Waals surface area contributed by atoms with Crippen LogP contribution in [0.15, 0.2) is 42.5 Å². The van der Waals surface area contributed by atoms with Gasteiger partial charge in [0.25, 0.3) is 0 Å². The summed E-state index contributed by atoms with van der Waals surface area (Å²) in [6, 6.07) is 15.1. The summed E-state index contributed by atoms with van der Waals surface area (Å²) in [7, 11) is 0. The zero-order valence-corrected chi connectivity index (χ0v) is 14.2. The predicted molar refractivity (Wildman–Crippen MR) is 91.7 cm³/mol. The van der Waals surface area contributed by atoms with Crippen molar-refractivity contribution in [1.82, 2.24) is 0 Å². The van der Waals surface area contributed by atoms with Crippen molar-refractivity contribution in [2.24, 2.45) is 0 Å². The lowest BCUT2D eigenvalue weighted by Crippen LogP contribution is -2.16. The van der Waals surface area contributed by atoms with Crippen LogP contribution in [-0.4, -0.2) is 12.6 Å². The fraction of sp³-hybridized carbons (Fsp3) is 0.300. The van der Waals surface area contributed by atoms with Crippen LogP contribution in [0.25, 0.3) is 0 Å². The molecule has 4 nitrogen and oxygen atoms in total. The molecule has 24 heavy (non-hydrogen) atoms. The zero-order chi connectivity index (χ0) is 17.5. The first-order valence-corrected chi connectivity index (χ1v) is 7.88. The van der Waals surface area contributed by atoms with E-state index in [9.17, 15) is 4.79 Å². The van der Waals surface area contributed by atoms with Gasteiger partial charge in [-0.3, -0.25) is 0 Å². The second-order valence-electron chi connectivity index (χ2n) is 5.91. The summed E-state index contributed by atoms with van der Waals surface area (Å²) >= 11 is 0. The van der Waals surface area contributed by atoms with E-state index >= 15 is 0 Å². The van der Waals surface area contributed by atoms with Gasteiger partial charge in [-0.2, -0.15) is 5.26 Å². The summed E-state index contributed by atoms with van der Waals surface area (Å²) in [5.41, 5.74) is 3.33. The molecule has 0 aromatic heterocycles. The summed E-state index contributed by atoms with van der Waals surface area (Å²) in [4.78, 5) is 11.9. The summed E-state index contributed by atoms with van der Waals surface area (Å²) in [6.45, 7) is 6.05. The highest BCUT2D eigenvalue weighted by Gasteiger charge is 2.11. The number of rotatable bonds is 6. The smallest absolute Gasteiger partial charge is 0.344 e. The number of ether oxygens (including phenoxy) is 2. The van der Waals surface area contributed by atoms with Crippen LogP contribution in [0.3, 0.4) is 0 Å². The topological polar surface area (TPSA) is 59.3 Å². The average molecular weight is 323 g/mol. The molecule has 0 saturated heterocycles. The van der Waals surface area contributed by atoms with Crippen LogP contribution in [0.5, 0.6) is 5.75 Å². The van der Waals surface area contributed by atoms with E-state index in [-0.39, 0.29) is 13.2 Å². The molecule has 2 rings (SSSR count). The van der Waals surface area contributed by atoms with E-state index in [1.165, 1.54) is 0 Å². The van der Waals surface area contributed by atoms with Crippen molar-refractivity contribution in [1.29, 1.82) is 5.26 Å². The molecule has 0 amide bonds. The number of aryl methyl sites for hydroxylation is 1. The van der Waals surface area contributed by atoms with Gasteiger partial charge in [-0.15, -0.1) is 0 Å². The van der Waals surface area contributed by atoms with Gasteiger partial charge in [0.05, 0.1) is 11.6 Å². The first-order chi connectivity index (χ1) is 11.5. The van der Waals surface area contributed by atoms with Crippen LogP contribution in [0, 0.1) is 18.3 Å². The minimum absolute atomic E-state index is 0.0663. The SMILES string of the molecule is Cc1ccc(C(C)C)c(OCC(=O)OCc2ccccc2C#N)c1. The Morgan fingerprint density at radius 3 is 2.67 bits per heavy atom. The van der Waals surface area contributed by atoms with Crippen molar-refractivity contribution in [2.45, 2.75) is 33.3 Å². The standard InChI is InChI=1S/C20H21NO3/c1-14(2)18-9-8-15(3)10-19(18)23-13-20(22)24-12-17-7-5-4-6-16(17)11-21/h4-10,14H,12-13H2,1-3H3. The molecule has 0 heterocycles. The van der Waals surface area contributed by atoms with Crippen LogP contribution in [-0.2, 0) is 16.1 Å². The molecule has 2 aromatic carbocycles. The lowest BCUT2D eigenvalue weighted by atomic mass is 10.0. The highest BCUT2D eigenvalue weighted by Crippen LogP contribution is 2.27. The predicted octanol–water partition coefficient (Wildman–Crippen LogP) is 4.11. The van der Waals surface area contributed by atoms with Gasteiger partial charge in [-0.1, -0.05) is 44.2 Å². The molecule has 0 fully saturated rings. The molecular formula is C20H21NO3. The Balaban J connectivity index is 1.95. The van der Waals surface area contributed by atoms with E-state index in [1.54, 1.807) is 18.2 Å². The van der Waals surface area contributed by atoms with Crippen LogP contribution in [0.2, 0.25) is 0 Å². The van der Waals surface area contributed by atoms with E-state index in [0.717, 1.165) is 11.1 Å². The Labute approximate surface area is 142 Å². The molecule has 0 aliphatic carbocycles. The van der Waals surface area contributed by atoms with Crippen molar-refractivity contribution < 1.29 is 14.3 Å². The van der Waals surface area contributed by atoms with Crippen molar-refractivity contribution in [3.05, 3.63) is 64.7 Å². The van der Waals surface area contributed by atoms with Gasteiger partial charge in [0.2, 0.25) is 0 Å². The third-order valence-electron chi connectivity index (χ3n) is 3.66. The first kappa shape index (κ1) is 17.6. The van der Waals surface area contributed by atoms with E-state index in [2.05, 4.69) is 19.9 Å². The minimum Gasteiger partial charge on any atom is -0.482 e. The van der Waals surface area contributed by atoms with Crippen molar-refractivity contribution in [2.75, 3.05) is 6.61 Å². The summed E-state index contributed by atoms with van der Waals surface area (Å²) < 4.78 is 10.9. The fourth-order valence-corrected chi connectivity index (χ4v) is 2.34. The van der Waals surface area contributed by atoms with Gasteiger partial charge in [0.1, 0.15) is 12.4 Å². The number of carbonyl (C=O) groups is 1. The molecule has 0 aliphatic heterocycles. The van der Waals surface area contributed by atoms with Crippen LogP contribution >= 0.6 is 0 Å². The number of carbonyl (C=O) groups excluding carboxylic acids is 1. The molecule has 0 saturated carbocycles. The van der Waals surface area contributed by atoms with Crippen molar-refractivity contribution in [3.63, 3.8) is 0 Å². The van der Waals surface area contributed by atoms with Crippen molar-refractivity contribution >= 4 is 5.97 Å². The fourth-order valence-electron chi connectivity index (χ4n) is 2.34. The monoisotopic (exact) mass is 323 g/mol. The van der Waals surface area contributed by atoms with Crippen LogP contribution < -0.4 is 4.74 Å². The van der Waals surface area contributed by atoms with Gasteiger partial charge >= 0.3 is 5.97 Å². The van der Waals surface area contributed by atoms with Gasteiger partial charge in [-0.05, 0) is 36.1 Å². The third kappa shape index (κ3) is 4.60. The molecular weight excluding hydrogens is 302 g/mol. The molecule has 0 bridgehead atoms. The van der Waals surface area contributed by atoms with E-state index < -0.39 is 5.97 Å². The number of hydrogen-bond donors (Lipinski definition) is 0. The average Bonchev–Trinajstić information content (AvgIpc) is 2.58. The normalized spacial score (nSPS) is 10.3. The van der Waals surface area contributed by atoms with Gasteiger partial charge < -0.3 is 9.47 Å². The molecule has 0 N–H and O–H groups in total. The Kier molecular flexibility index (Phi) is 5.97. The molecule has 124 valence electrons. The number of hydrogen-bond acceptors (Lipinski definition) is 4. The highest BCUT2D eigenvalue weighted by atomic mass is 16.6.